The average Bonchev–Trinajstić information content (AvgIpc) is 3.08. The first kappa shape index (κ1) is 33.6. The van der Waals surface area contributed by atoms with Crippen molar-refractivity contribution in [3.05, 3.63) is 95.1 Å². The van der Waals surface area contributed by atoms with E-state index >= 15 is 0 Å². The molecule has 240 valence electrons. The fraction of sp³-hybridized carbons (Fsp3) is 0.432. The summed E-state index contributed by atoms with van der Waals surface area (Å²) in [6, 6.07) is 23.2. The third-order valence-electron chi connectivity index (χ3n) is 8.20. The predicted octanol–water partition coefficient (Wildman–Crippen LogP) is 6.74. The second-order valence-electron chi connectivity index (χ2n) is 11.5. The zero-order valence-corrected chi connectivity index (χ0v) is 26.4. The first-order valence-electron chi connectivity index (χ1n) is 16.0. The van der Waals surface area contributed by atoms with Crippen LogP contribution in [-0.4, -0.2) is 51.3 Å². The van der Waals surface area contributed by atoms with Crippen molar-refractivity contribution in [3.63, 3.8) is 0 Å². The Labute approximate surface area is 266 Å². The number of rotatable bonds is 16. The Bertz CT molecular complexity index is 1370. The first-order chi connectivity index (χ1) is 22.0. The number of unbranched alkanes of at least 4 members (excludes halogenated alkanes) is 2. The van der Waals surface area contributed by atoms with Gasteiger partial charge in [-0.15, -0.1) is 0 Å². The fourth-order valence-electron chi connectivity index (χ4n) is 5.69. The lowest BCUT2D eigenvalue weighted by atomic mass is 9.85. The van der Waals surface area contributed by atoms with E-state index in [4.69, 9.17) is 18.9 Å². The Balaban J connectivity index is 1.22. The van der Waals surface area contributed by atoms with Crippen molar-refractivity contribution in [2.24, 2.45) is 5.92 Å². The predicted molar refractivity (Wildman–Crippen MR) is 173 cm³/mol. The number of hydrogen-bond donors (Lipinski definition) is 1. The van der Waals surface area contributed by atoms with Crippen LogP contribution < -0.4 is 14.8 Å². The molecule has 1 saturated carbocycles. The van der Waals surface area contributed by atoms with Gasteiger partial charge in [0.1, 0.15) is 11.5 Å². The maximum atomic E-state index is 13.3. The molecule has 1 aliphatic rings. The van der Waals surface area contributed by atoms with Crippen molar-refractivity contribution < 1.29 is 33.3 Å². The van der Waals surface area contributed by atoms with Crippen LogP contribution in [-0.2, 0) is 27.1 Å². The standard InChI is InChI=1S/C37H45NO7/c1-42-36(40)29-13-9-14-31(25-29)38-35(39)33-26-30(37(41)43-2)21-22-34(33)45-24-10-12-28-19-17-27(18-20-28)11-5-4-8-23-44-32-15-6-3-7-16-32/h3,6-7,15-22,26,29,31H,4-5,8-14,23-25H2,1-2H3,(H,38,39). The van der Waals surface area contributed by atoms with Crippen molar-refractivity contribution >= 4 is 17.8 Å². The maximum Gasteiger partial charge on any atom is 0.337 e. The SMILES string of the molecule is COC(=O)c1ccc(OCCCc2ccc(CCCCCOc3ccccc3)cc2)c(C(=O)NC2CCCC(C(=O)OC)C2)c1. The van der Waals surface area contributed by atoms with Crippen LogP contribution in [0.3, 0.4) is 0 Å². The van der Waals surface area contributed by atoms with Gasteiger partial charge in [0.15, 0.2) is 0 Å². The Kier molecular flexibility index (Phi) is 13.3. The topological polar surface area (TPSA) is 100 Å². The summed E-state index contributed by atoms with van der Waals surface area (Å²) in [6.07, 6.45) is 8.82. The van der Waals surface area contributed by atoms with Gasteiger partial charge in [-0.1, -0.05) is 48.9 Å². The zero-order chi connectivity index (χ0) is 31.9. The smallest absolute Gasteiger partial charge is 0.337 e. The number of hydrogen-bond acceptors (Lipinski definition) is 7. The minimum atomic E-state index is -0.528. The number of nitrogens with one attached hydrogen (secondary N) is 1. The molecule has 3 aromatic rings. The number of benzene rings is 3. The molecule has 1 amide bonds. The molecule has 0 heterocycles. The van der Waals surface area contributed by atoms with Gasteiger partial charge in [0.05, 0.1) is 44.5 Å². The molecular formula is C37H45NO7. The van der Waals surface area contributed by atoms with Gasteiger partial charge in [0, 0.05) is 6.04 Å². The molecule has 0 saturated heterocycles. The summed E-state index contributed by atoms with van der Waals surface area (Å²) in [7, 11) is 2.69. The zero-order valence-electron chi connectivity index (χ0n) is 26.4. The number of aryl methyl sites for hydroxylation is 2. The van der Waals surface area contributed by atoms with E-state index in [1.165, 1.54) is 31.4 Å². The van der Waals surface area contributed by atoms with Crippen LogP contribution >= 0.6 is 0 Å². The molecule has 1 fully saturated rings. The normalized spacial score (nSPS) is 16.0. The monoisotopic (exact) mass is 615 g/mol. The Morgan fingerprint density at radius 2 is 1.47 bits per heavy atom. The van der Waals surface area contributed by atoms with Gasteiger partial charge in [-0.25, -0.2) is 4.79 Å². The second-order valence-corrected chi connectivity index (χ2v) is 11.5. The van der Waals surface area contributed by atoms with Crippen LogP contribution in [0.15, 0.2) is 72.8 Å². The van der Waals surface area contributed by atoms with E-state index in [1.807, 2.05) is 30.3 Å². The highest BCUT2D eigenvalue weighted by molar-refractivity contribution is 6.00. The molecule has 0 bridgehead atoms. The molecule has 3 aromatic carbocycles. The average molecular weight is 616 g/mol. The molecule has 8 nitrogen and oxygen atoms in total. The van der Waals surface area contributed by atoms with Crippen LogP contribution in [0, 0.1) is 5.92 Å². The Morgan fingerprint density at radius 3 is 2.18 bits per heavy atom. The summed E-state index contributed by atoms with van der Waals surface area (Å²) < 4.78 is 21.6. The largest absolute Gasteiger partial charge is 0.494 e. The first-order valence-corrected chi connectivity index (χ1v) is 16.0. The number of ether oxygens (including phenoxy) is 4. The Hall–Kier alpha value is -4.33. The molecule has 45 heavy (non-hydrogen) atoms. The molecule has 1 N–H and O–H groups in total. The number of amides is 1. The van der Waals surface area contributed by atoms with Crippen LogP contribution in [0.4, 0.5) is 0 Å². The van der Waals surface area contributed by atoms with E-state index in [0.717, 1.165) is 70.1 Å². The molecule has 0 spiro atoms. The lowest BCUT2D eigenvalue weighted by molar-refractivity contribution is -0.146. The maximum absolute atomic E-state index is 13.3. The molecule has 0 aliphatic heterocycles. The van der Waals surface area contributed by atoms with Crippen LogP contribution in [0.25, 0.3) is 0 Å². The molecule has 0 radical (unpaired) electrons. The van der Waals surface area contributed by atoms with Crippen molar-refractivity contribution in [1.82, 2.24) is 5.32 Å². The molecule has 0 aromatic heterocycles. The number of carbonyl (C=O) groups excluding carboxylic acids is 3. The Morgan fingerprint density at radius 1 is 0.756 bits per heavy atom. The molecular weight excluding hydrogens is 570 g/mol. The number of methoxy groups -OCH3 is 2. The van der Waals surface area contributed by atoms with E-state index in [0.29, 0.717) is 18.8 Å². The molecule has 2 atom stereocenters. The highest BCUT2D eigenvalue weighted by atomic mass is 16.5. The van der Waals surface area contributed by atoms with E-state index in [2.05, 4.69) is 29.6 Å². The summed E-state index contributed by atoms with van der Waals surface area (Å²) in [6.45, 7) is 1.16. The van der Waals surface area contributed by atoms with Crippen molar-refractivity contribution in [2.45, 2.75) is 70.3 Å². The van der Waals surface area contributed by atoms with Crippen molar-refractivity contribution in [1.29, 1.82) is 0 Å². The minimum Gasteiger partial charge on any atom is -0.494 e. The van der Waals surface area contributed by atoms with Crippen LogP contribution in [0.5, 0.6) is 11.5 Å². The van der Waals surface area contributed by atoms with Gasteiger partial charge in [-0.05, 0) is 99.2 Å². The van der Waals surface area contributed by atoms with Crippen molar-refractivity contribution in [2.75, 3.05) is 27.4 Å². The third kappa shape index (κ3) is 10.7. The quantitative estimate of drug-likeness (QED) is 0.141. The summed E-state index contributed by atoms with van der Waals surface area (Å²) in [5, 5.41) is 3.04. The molecule has 4 rings (SSSR count). The number of para-hydroxylation sites is 1. The van der Waals surface area contributed by atoms with Crippen LogP contribution in [0.2, 0.25) is 0 Å². The molecule has 1 aliphatic carbocycles. The summed E-state index contributed by atoms with van der Waals surface area (Å²) >= 11 is 0. The fourth-order valence-corrected chi connectivity index (χ4v) is 5.69. The van der Waals surface area contributed by atoms with Gasteiger partial charge >= 0.3 is 11.9 Å². The highest BCUT2D eigenvalue weighted by Crippen LogP contribution is 2.27. The van der Waals surface area contributed by atoms with Crippen LogP contribution in [0.1, 0.15) is 83.2 Å². The minimum absolute atomic E-state index is 0.165. The van der Waals surface area contributed by atoms with E-state index in [1.54, 1.807) is 12.1 Å². The van der Waals surface area contributed by atoms with Crippen molar-refractivity contribution in [3.8, 4) is 11.5 Å². The van der Waals surface area contributed by atoms with E-state index in [9.17, 15) is 14.4 Å². The highest BCUT2D eigenvalue weighted by Gasteiger charge is 2.29. The molecule has 2 unspecified atom stereocenters. The third-order valence-corrected chi connectivity index (χ3v) is 8.20. The summed E-state index contributed by atoms with van der Waals surface area (Å²) in [5.74, 6) is -0.0199. The second kappa shape index (κ2) is 17.8. The van der Waals surface area contributed by atoms with Gasteiger partial charge in [0.2, 0.25) is 0 Å². The van der Waals surface area contributed by atoms with Gasteiger partial charge < -0.3 is 24.3 Å². The summed E-state index contributed by atoms with van der Waals surface area (Å²) in [4.78, 5) is 37.6. The number of carbonyl (C=O) groups is 3. The van der Waals surface area contributed by atoms with Gasteiger partial charge in [-0.3, -0.25) is 9.59 Å². The van der Waals surface area contributed by atoms with Gasteiger partial charge in [-0.2, -0.15) is 0 Å². The van der Waals surface area contributed by atoms with E-state index < -0.39 is 5.97 Å². The van der Waals surface area contributed by atoms with E-state index in [-0.39, 0.29) is 35.0 Å². The summed E-state index contributed by atoms with van der Waals surface area (Å²) in [5.41, 5.74) is 3.10. The lowest BCUT2D eigenvalue weighted by Gasteiger charge is -2.28. The number of esters is 2. The van der Waals surface area contributed by atoms with Gasteiger partial charge in [0.25, 0.3) is 5.91 Å². The molecule has 8 heteroatoms. The lowest BCUT2D eigenvalue weighted by Crippen LogP contribution is -2.40.